The minimum atomic E-state index is -0.118. The molecule has 0 aliphatic carbocycles. The average molecular weight is 312 g/mol. The van der Waals surface area contributed by atoms with E-state index in [4.69, 9.17) is 21.7 Å². The van der Waals surface area contributed by atoms with Gasteiger partial charge in [-0.2, -0.15) is 0 Å². The van der Waals surface area contributed by atoms with E-state index in [9.17, 15) is 0 Å². The van der Waals surface area contributed by atoms with E-state index in [0.717, 1.165) is 19.7 Å². The van der Waals surface area contributed by atoms with Crippen LogP contribution in [-0.2, 0) is 9.47 Å². The molecule has 0 saturated carbocycles. The lowest BCUT2D eigenvalue weighted by Crippen LogP contribution is -2.10. The lowest BCUT2D eigenvalue weighted by atomic mass is 10.3. The normalized spacial score (nSPS) is 16.0. The molecule has 7 heteroatoms. The fraction of sp³-hybridized carbons (Fsp3) is 0.333. The molecule has 1 fully saturated rings. The Morgan fingerprint density at radius 1 is 1.32 bits per heavy atom. The van der Waals surface area contributed by atoms with Crippen LogP contribution in [-0.4, -0.2) is 35.0 Å². The predicted molar refractivity (Wildman–Crippen MR) is 78.7 cm³/mol. The summed E-state index contributed by atoms with van der Waals surface area (Å²) in [6.07, 6.45) is -0.118. The van der Waals surface area contributed by atoms with Crippen LogP contribution in [0.5, 0.6) is 0 Å². The zero-order valence-corrected chi connectivity index (χ0v) is 12.5. The number of thioether (sulfide) groups is 1. The van der Waals surface area contributed by atoms with Crippen molar-refractivity contribution in [2.24, 2.45) is 0 Å². The molecule has 0 radical (unpaired) electrons. The Hall–Kier alpha value is -0.730. The molecular formula is C12H12N2O2S3. The highest BCUT2D eigenvalue weighted by molar-refractivity contribution is 8.01. The van der Waals surface area contributed by atoms with E-state index in [-0.39, 0.29) is 6.29 Å². The van der Waals surface area contributed by atoms with Gasteiger partial charge >= 0.3 is 0 Å². The molecule has 1 aliphatic heterocycles. The van der Waals surface area contributed by atoms with Crippen LogP contribution in [0, 0.1) is 3.95 Å². The fourth-order valence-electron chi connectivity index (χ4n) is 1.69. The van der Waals surface area contributed by atoms with Crippen molar-refractivity contribution in [1.29, 1.82) is 0 Å². The third-order valence-electron chi connectivity index (χ3n) is 2.56. The van der Waals surface area contributed by atoms with Crippen molar-refractivity contribution in [3.63, 3.8) is 0 Å². The van der Waals surface area contributed by atoms with Gasteiger partial charge in [0.25, 0.3) is 0 Å². The second-order valence-corrected chi connectivity index (χ2v) is 6.75. The van der Waals surface area contributed by atoms with Crippen molar-refractivity contribution in [2.75, 3.05) is 19.0 Å². The molecule has 1 aliphatic rings. The summed E-state index contributed by atoms with van der Waals surface area (Å²) in [5, 5.41) is 4.52. The quantitative estimate of drug-likeness (QED) is 0.640. The Morgan fingerprint density at radius 3 is 2.79 bits per heavy atom. The lowest BCUT2D eigenvalue weighted by Gasteiger charge is -2.05. The third kappa shape index (κ3) is 3.24. The van der Waals surface area contributed by atoms with Gasteiger partial charge in [-0.1, -0.05) is 41.3 Å². The molecular weight excluding hydrogens is 300 g/mol. The first-order chi connectivity index (χ1) is 9.33. The van der Waals surface area contributed by atoms with Crippen LogP contribution in [0.25, 0.3) is 5.69 Å². The first-order valence-electron chi connectivity index (χ1n) is 5.84. The van der Waals surface area contributed by atoms with Gasteiger partial charge in [-0.3, -0.25) is 0 Å². The second kappa shape index (κ2) is 6.15. The molecule has 100 valence electrons. The minimum absolute atomic E-state index is 0.118. The van der Waals surface area contributed by atoms with Crippen LogP contribution in [0.2, 0.25) is 0 Å². The van der Waals surface area contributed by atoms with Gasteiger partial charge < -0.3 is 9.47 Å². The van der Waals surface area contributed by atoms with Gasteiger partial charge in [-0.05, 0) is 24.4 Å². The molecule has 0 amide bonds. The summed E-state index contributed by atoms with van der Waals surface area (Å²) in [6, 6.07) is 9.91. The average Bonchev–Trinajstić information content (AvgIpc) is 3.07. The van der Waals surface area contributed by atoms with Crippen molar-refractivity contribution < 1.29 is 9.47 Å². The summed E-state index contributed by atoms with van der Waals surface area (Å²) >= 11 is 8.48. The smallest absolute Gasteiger partial charge is 0.184 e. The third-order valence-corrected chi connectivity index (χ3v) is 4.96. The Labute approximate surface area is 124 Å². The minimum Gasteiger partial charge on any atom is -0.349 e. The first kappa shape index (κ1) is 13.3. The molecule has 4 nitrogen and oxygen atoms in total. The van der Waals surface area contributed by atoms with Crippen LogP contribution in [0.4, 0.5) is 0 Å². The van der Waals surface area contributed by atoms with Crippen LogP contribution >= 0.6 is 35.3 Å². The van der Waals surface area contributed by atoms with E-state index in [1.807, 2.05) is 30.3 Å². The number of hydrogen-bond donors (Lipinski definition) is 0. The van der Waals surface area contributed by atoms with Crippen molar-refractivity contribution >= 4 is 35.3 Å². The number of para-hydroxylation sites is 1. The van der Waals surface area contributed by atoms with E-state index >= 15 is 0 Å². The monoisotopic (exact) mass is 312 g/mol. The van der Waals surface area contributed by atoms with Gasteiger partial charge in [0.05, 0.1) is 24.7 Å². The summed E-state index contributed by atoms with van der Waals surface area (Å²) in [5.41, 5.74) is 0.990. The van der Waals surface area contributed by atoms with Gasteiger partial charge in [-0.15, -0.1) is 5.10 Å². The van der Waals surface area contributed by atoms with Gasteiger partial charge in [-0.25, -0.2) is 4.68 Å². The van der Waals surface area contributed by atoms with Gasteiger partial charge in [0.1, 0.15) is 0 Å². The molecule has 19 heavy (non-hydrogen) atoms. The van der Waals surface area contributed by atoms with Crippen LogP contribution in [0.1, 0.15) is 0 Å². The molecule has 3 rings (SSSR count). The number of hydrogen-bond acceptors (Lipinski definition) is 6. The molecule has 0 bridgehead atoms. The van der Waals surface area contributed by atoms with Crippen molar-refractivity contribution in [3.8, 4) is 5.69 Å². The number of aromatic nitrogens is 2. The molecule has 2 heterocycles. The fourth-order valence-corrected chi connectivity index (χ4v) is 4.03. The molecule has 0 atom stereocenters. The van der Waals surface area contributed by atoms with Gasteiger partial charge in [0.2, 0.25) is 0 Å². The number of rotatable bonds is 4. The van der Waals surface area contributed by atoms with Gasteiger partial charge in [0, 0.05) is 0 Å². The number of benzene rings is 1. The number of ether oxygens (including phenoxy) is 2. The van der Waals surface area contributed by atoms with E-state index in [1.165, 1.54) is 11.3 Å². The van der Waals surface area contributed by atoms with Crippen LogP contribution in [0.15, 0.2) is 34.7 Å². The maximum absolute atomic E-state index is 5.40. The van der Waals surface area contributed by atoms with Crippen LogP contribution < -0.4 is 0 Å². The molecule has 0 unspecified atom stereocenters. The summed E-state index contributed by atoms with van der Waals surface area (Å²) in [4.78, 5) is 0. The highest BCUT2D eigenvalue weighted by Gasteiger charge is 2.17. The van der Waals surface area contributed by atoms with E-state index in [1.54, 1.807) is 16.4 Å². The van der Waals surface area contributed by atoms with E-state index < -0.39 is 0 Å². The van der Waals surface area contributed by atoms with Crippen molar-refractivity contribution in [3.05, 3.63) is 34.3 Å². The molecule has 2 aromatic rings. The maximum atomic E-state index is 5.40. The highest BCUT2D eigenvalue weighted by Crippen LogP contribution is 2.26. The summed E-state index contributed by atoms with van der Waals surface area (Å²) in [6.45, 7) is 1.36. The molecule has 1 aromatic carbocycles. The Morgan fingerprint density at radius 2 is 2.05 bits per heavy atom. The molecule has 0 spiro atoms. The second-order valence-electron chi connectivity index (χ2n) is 3.86. The van der Waals surface area contributed by atoms with Crippen molar-refractivity contribution in [2.45, 2.75) is 10.6 Å². The summed E-state index contributed by atoms with van der Waals surface area (Å²) < 4.78 is 14.3. The Balaban J connectivity index is 1.72. The van der Waals surface area contributed by atoms with Gasteiger partial charge in [0.15, 0.2) is 14.6 Å². The zero-order chi connectivity index (χ0) is 13.1. The van der Waals surface area contributed by atoms with E-state index in [0.29, 0.717) is 13.2 Å². The highest BCUT2D eigenvalue weighted by atomic mass is 32.2. The Bertz CT molecular complexity index is 591. The molecule has 1 saturated heterocycles. The zero-order valence-electron chi connectivity index (χ0n) is 10.0. The summed E-state index contributed by atoms with van der Waals surface area (Å²) in [7, 11) is 0. The van der Waals surface area contributed by atoms with Crippen molar-refractivity contribution in [1.82, 2.24) is 9.78 Å². The molecule has 1 aromatic heterocycles. The number of nitrogens with zero attached hydrogens (tertiary/aromatic N) is 2. The molecule has 0 N–H and O–H groups in total. The van der Waals surface area contributed by atoms with Crippen LogP contribution in [0.3, 0.4) is 0 Å². The lowest BCUT2D eigenvalue weighted by molar-refractivity contribution is -0.0214. The first-order valence-corrected chi connectivity index (χ1v) is 8.05. The largest absolute Gasteiger partial charge is 0.349 e. The standard InChI is InChI=1S/C12H12N2O2S3/c17-12-14(9-4-2-1-3-5-9)13-11(19-12)18-8-10-15-6-7-16-10/h1-5,10H,6-8H2. The Kier molecular flexibility index (Phi) is 4.29. The SMILES string of the molecule is S=c1sc(SCC2OCCO2)nn1-c1ccccc1. The summed E-state index contributed by atoms with van der Waals surface area (Å²) in [5.74, 6) is 0.747. The predicted octanol–water partition coefficient (Wildman–Crippen LogP) is 3.13. The topological polar surface area (TPSA) is 36.3 Å². The van der Waals surface area contributed by atoms with E-state index in [2.05, 4.69) is 5.10 Å². The maximum Gasteiger partial charge on any atom is 0.184 e.